The Labute approximate surface area is 170 Å². The third-order valence-corrected chi connectivity index (χ3v) is 8.17. The van der Waals surface area contributed by atoms with Crippen LogP contribution in [-0.4, -0.2) is 51.9 Å². The fraction of sp³-hybridized carbons (Fsp3) is 0.400. The third kappa shape index (κ3) is 2.66. The molecule has 144 valence electrons. The lowest BCUT2D eigenvalue weighted by Gasteiger charge is -2.37. The third-order valence-electron chi connectivity index (χ3n) is 5.90. The Morgan fingerprint density at radius 1 is 1.14 bits per heavy atom. The van der Waals surface area contributed by atoms with Crippen molar-refractivity contribution >= 4 is 48.1 Å². The second-order valence-corrected chi connectivity index (χ2v) is 9.79. The minimum absolute atomic E-state index is 0.290. The van der Waals surface area contributed by atoms with Crippen LogP contribution in [0.5, 0.6) is 0 Å². The van der Waals surface area contributed by atoms with E-state index in [0.29, 0.717) is 11.6 Å². The first-order valence-electron chi connectivity index (χ1n) is 9.67. The Hall–Kier alpha value is -2.03. The van der Waals surface area contributed by atoms with Crippen molar-refractivity contribution in [2.75, 3.05) is 31.1 Å². The molecule has 6 rings (SSSR count). The molecule has 4 aromatic rings. The number of piperazine rings is 1. The van der Waals surface area contributed by atoms with Gasteiger partial charge in [-0.1, -0.05) is 11.3 Å². The first-order valence-corrected chi connectivity index (χ1v) is 11.3. The molecule has 0 bridgehead atoms. The highest BCUT2D eigenvalue weighted by atomic mass is 32.1. The lowest BCUT2D eigenvalue weighted by atomic mass is 10.1. The average molecular weight is 414 g/mol. The Kier molecular flexibility index (Phi) is 3.76. The van der Waals surface area contributed by atoms with Gasteiger partial charge in [-0.2, -0.15) is 5.10 Å². The zero-order valence-electron chi connectivity index (χ0n) is 15.6. The number of aryl methyl sites for hydroxylation is 1. The number of hydrogen-bond acceptors (Lipinski definition) is 6. The van der Waals surface area contributed by atoms with Crippen molar-refractivity contribution in [1.82, 2.24) is 19.7 Å². The van der Waals surface area contributed by atoms with Crippen molar-refractivity contribution < 1.29 is 4.39 Å². The minimum atomic E-state index is -0.290. The molecule has 2 fully saturated rings. The first kappa shape index (κ1) is 16.9. The van der Waals surface area contributed by atoms with Gasteiger partial charge in [-0.3, -0.25) is 9.58 Å². The van der Waals surface area contributed by atoms with Gasteiger partial charge in [0.2, 0.25) is 0 Å². The molecule has 8 heteroatoms. The zero-order chi connectivity index (χ0) is 18.8. The van der Waals surface area contributed by atoms with Crippen molar-refractivity contribution in [1.29, 1.82) is 0 Å². The molecular weight excluding hydrogens is 393 g/mol. The molecule has 0 radical (unpaired) electrons. The van der Waals surface area contributed by atoms with Crippen LogP contribution in [0, 0.1) is 5.82 Å². The molecule has 0 aliphatic carbocycles. The van der Waals surface area contributed by atoms with Crippen LogP contribution < -0.4 is 4.90 Å². The van der Waals surface area contributed by atoms with E-state index in [9.17, 15) is 4.39 Å². The number of thiophene rings is 1. The summed E-state index contributed by atoms with van der Waals surface area (Å²) in [5.74, 6) is -0.290. The monoisotopic (exact) mass is 413 g/mol. The topological polar surface area (TPSA) is 37.2 Å². The summed E-state index contributed by atoms with van der Waals surface area (Å²) in [6.45, 7) is 4.66. The highest BCUT2D eigenvalue weighted by molar-refractivity contribution is 7.30. The lowest BCUT2D eigenvalue weighted by molar-refractivity contribution is 0.231. The van der Waals surface area contributed by atoms with E-state index < -0.39 is 0 Å². The summed E-state index contributed by atoms with van der Waals surface area (Å²) >= 11 is 3.41. The Bertz CT molecular complexity index is 1160. The van der Waals surface area contributed by atoms with Crippen LogP contribution in [0.25, 0.3) is 31.0 Å². The predicted octanol–water partition coefficient (Wildman–Crippen LogP) is 4.34. The molecule has 0 amide bonds. The summed E-state index contributed by atoms with van der Waals surface area (Å²) in [5.41, 5.74) is 1.24. The normalized spacial score (nSPS) is 20.5. The highest BCUT2D eigenvalue weighted by Gasteiger charge is 2.31. The first-order chi connectivity index (χ1) is 13.6. The number of aromatic nitrogens is 3. The average Bonchev–Trinajstić information content (AvgIpc) is 3.42. The SMILES string of the molecule is Cn1cc2cc(-c3nc4sc(N5CCN6CCCC6C5)cc4s3)cc(F)c2n1. The smallest absolute Gasteiger partial charge is 0.152 e. The Balaban J connectivity index is 1.32. The maximum Gasteiger partial charge on any atom is 0.152 e. The molecule has 2 saturated heterocycles. The lowest BCUT2D eigenvalue weighted by Crippen LogP contribution is -2.49. The van der Waals surface area contributed by atoms with E-state index in [-0.39, 0.29) is 5.82 Å². The van der Waals surface area contributed by atoms with Crippen LogP contribution in [0.15, 0.2) is 24.4 Å². The molecule has 0 spiro atoms. The molecule has 5 nitrogen and oxygen atoms in total. The standard InChI is InChI=1S/C20H20FN5S2/c1-24-10-13-7-12(8-15(21)18(13)23-24)19-22-20-16(27-19)9-17(28-20)26-6-5-25-4-2-3-14(25)11-26/h7-10,14H,2-6,11H2,1H3. The molecule has 28 heavy (non-hydrogen) atoms. The number of thiazole rings is 1. The van der Waals surface area contributed by atoms with Gasteiger partial charge in [-0.05, 0) is 37.6 Å². The molecule has 1 atom stereocenters. The fourth-order valence-corrected chi connectivity index (χ4v) is 6.76. The summed E-state index contributed by atoms with van der Waals surface area (Å²) in [6.07, 6.45) is 4.50. The number of halogens is 1. The number of hydrogen-bond donors (Lipinski definition) is 0. The molecule has 2 aliphatic rings. The zero-order valence-corrected chi connectivity index (χ0v) is 17.2. The van der Waals surface area contributed by atoms with E-state index in [1.54, 1.807) is 33.4 Å². The molecule has 0 N–H and O–H groups in total. The quantitative estimate of drug-likeness (QED) is 0.490. The van der Waals surface area contributed by atoms with E-state index in [4.69, 9.17) is 4.98 Å². The van der Waals surface area contributed by atoms with Gasteiger partial charge in [0.15, 0.2) is 5.82 Å². The van der Waals surface area contributed by atoms with E-state index in [0.717, 1.165) is 33.9 Å². The number of nitrogens with zero attached hydrogens (tertiary/aromatic N) is 5. The van der Waals surface area contributed by atoms with Crippen LogP contribution in [0.2, 0.25) is 0 Å². The van der Waals surface area contributed by atoms with Crippen LogP contribution in [-0.2, 0) is 7.05 Å². The van der Waals surface area contributed by atoms with Gasteiger partial charge in [-0.25, -0.2) is 9.37 Å². The molecule has 5 heterocycles. The van der Waals surface area contributed by atoms with Gasteiger partial charge >= 0.3 is 0 Å². The summed E-state index contributed by atoms with van der Waals surface area (Å²) in [7, 11) is 1.81. The van der Waals surface area contributed by atoms with Crippen LogP contribution in [0.1, 0.15) is 12.8 Å². The summed E-state index contributed by atoms with van der Waals surface area (Å²) < 4.78 is 17.3. The van der Waals surface area contributed by atoms with Crippen LogP contribution in [0.3, 0.4) is 0 Å². The van der Waals surface area contributed by atoms with E-state index in [1.165, 1.54) is 35.6 Å². The predicted molar refractivity (Wildman–Crippen MR) is 114 cm³/mol. The molecular formula is C20H20FN5S2. The second kappa shape index (κ2) is 6.23. The second-order valence-electron chi connectivity index (χ2n) is 7.75. The maximum absolute atomic E-state index is 14.4. The van der Waals surface area contributed by atoms with Gasteiger partial charge < -0.3 is 4.90 Å². The molecule has 3 aromatic heterocycles. The highest BCUT2D eigenvalue weighted by Crippen LogP contribution is 2.40. The van der Waals surface area contributed by atoms with Gasteiger partial charge in [0, 0.05) is 49.9 Å². The Morgan fingerprint density at radius 2 is 2.07 bits per heavy atom. The van der Waals surface area contributed by atoms with Crippen molar-refractivity contribution in [3.05, 3.63) is 30.2 Å². The molecule has 2 aliphatic heterocycles. The van der Waals surface area contributed by atoms with Crippen molar-refractivity contribution in [2.24, 2.45) is 7.05 Å². The van der Waals surface area contributed by atoms with Crippen LogP contribution >= 0.6 is 22.7 Å². The fourth-order valence-electron chi connectivity index (χ4n) is 4.53. The molecule has 1 aromatic carbocycles. The van der Waals surface area contributed by atoms with Crippen LogP contribution in [0.4, 0.5) is 9.39 Å². The summed E-state index contributed by atoms with van der Waals surface area (Å²) in [6, 6.07) is 6.52. The number of benzene rings is 1. The van der Waals surface area contributed by atoms with E-state index in [2.05, 4.69) is 21.0 Å². The summed E-state index contributed by atoms with van der Waals surface area (Å²) in [4.78, 5) is 11.0. The van der Waals surface area contributed by atoms with Gasteiger partial charge in [0.25, 0.3) is 0 Å². The minimum Gasteiger partial charge on any atom is -0.360 e. The Morgan fingerprint density at radius 3 is 2.96 bits per heavy atom. The van der Waals surface area contributed by atoms with Gasteiger partial charge in [-0.15, -0.1) is 11.3 Å². The van der Waals surface area contributed by atoms with Gasteiger partial charge in [0.1, 0.15) is 15.4 Å². The van der Waals surface area contributed by atoms with Crippen molar-refractivity contribution in [2.45, 2.75) is 18.9 Å². The van der Waals surface area contributed by atoms with E-state index in [1.807, 2.05) is 19.3 Å². The number of anilines is 1. The van der Waals surface area contributed by atoms with Crippen molar-refractivity contribution in [3.8, 4) is 10.6 Å². The van der Waals surface area contributed by atoms with Gasteiger partial charge in [0.05, 0.1) is 9.70 Å². The summed E-state index contributed by atoms with van der Waals surface area (Å²) in [5, 5.41) is 7.19. The molecule has 1 unspecified atom stereocenters. The number of rotatable bonds is 2. The van der Waals surface area contributed by atoms with E-state index >= 15 is 0 Å². The maximum atomic E-state index is 14.4. The number of fused-ring (bicyclic) bond motifs is 3. The van der Waals surface area contributed by atoms with Crippen molar-refractivity contribution in [3.63, 3.8) is 0 Å². The largest absolute Gasteiger partial charge is 0.360 e. The molecule has 0 saturated carbocycles.